The number of benzene rings is 1. The third-order valence-corrected chi connectivity index (χ3v) is 4.50. The maximum Gasteiger partial charge on any atom is 0.389 e. The summed E-state index contributed by atoms with van der Waals surface area (Å²) in [6.45, 7) is -0.0320. The van der Waals surface area contributed by atoms with Gasteiger partial charge in [-0.2, -0.15) is 13.2 Å². The molecule has 0 bridgehead atoms. The molecular weight excluding hydrogens is 369 g/mol. The first-order valence-corrected chi connectivity index (χ1v) is 7.71. The lowest BCUT2D eigenvalue weighted by Gasteiger charge is -2.07. The van der Waals surface area contributed by atoms with E-state index in [1.54, 1.807) is 0 Å². The van der Waals surface area contributed by atoms with Crippen LogP contribution in [0, 0.1) is 0 Å². The Morgan fingerprint density at radius 3 is 2.76 bits per heavy atom. The number of nitrogen functional groups attached to an aromatic ring is 1. The predicted molar refractivity (Wildman–Crippen MR) is 81.6 cm³/mol. The summed E-state index contributed by atoms with van der Waals surface area (Å²) < 4.78 is 37.7. The van der Waals surface area contributed by atoms with Crippen LogP contribution in [0.1, 0.15) is 22.5 Å². The number of amides is 1. The number of carbonyl (C=O) groups excluding carboxylic acids is 1. The number of anilines is 1. The lowest BCUT2D eigenvalue weighted by atomic mass is 10.2. The molecule has 0 radical (unpaired) electrons. The molecule has 0 unspecified atom stereocenters. The zero-order valence-corrected chi connectivity index (χ0v) is 13.2. The summed E-state index contributed by atoms with van der Waals surface area (Å²) in [5.41, 5.74) is 6.28. The van der Waals surface area contributed by atoms with Gasteiger partial charge in [0, 0.05) is 27.5 Å². The number of alkyl halides is 3. The fraction of sp³-hybridized carbons (Fsp3) is 0.308. The highest BCUT2D eigenvalue weighted by molar-refractivity contribution is 9.10. The zero-order valence-electron chi connectivity index (χ0n) is 10.8. The van der Waals surface area contributed by atoms with E-state index in [0.29, 0.717) is 10.6 Å². The van der Waals surface area contributed by atoms with Gasteiger partial charge in [-0.3, -0.25) is 4.79 Å². The second kappa shape index (κ2) is 6.23. The zero-order chi connectivity index (χ0) is 15.6. The molecule has 0 atom stereocenters. The molecule has 3 nitrogen and oxygen atoms in total. The summed E-state index contributed by atoms with van der Waals surface area (Å²) in [5, 5.41) is 3.23. The van der Waals surface area contributed by atoms with Gasteiger partial charge in [0.25, 0.3) is 5.91 Å². The van der Waals surface area contributed by atoms with E-state index in [1.165, 1.54) is 11.3 Å². The Kier molecular flexibility index (Phi) is 4.77. The quantitative estimate of drug-likeness (QED) is 0.776. The van der Waals surface area contributed by atoms with Crippen molar-refractivity contribution in [3.8, 4) is 0 Å². The molecule has 3 N–H and O–H groups in total. The fourth-order valence-corrected chi connectivity index (χ4v) is 3.21. The predicted octanol–water partition coefficient (Wildman–Crippen LogP) is 4.32. The summed E-state index contributed by atoms with van der Waals surface area (Å²) >= 11 is 4.55. The Morgan fingerprint density at radius 2 is 2.10 bits per heavy atom. The van der Waals surface area contributed by atoms with Gasteiger partial charge in [0.1, 0.15) is 4.88 Å². The number of hydrogen-bond acceptors (Lipinski definition) is 3. The van der Waals surface area contributed by atoms with Crippen LogP contribution in [0.25, 0.3) is 10.1 Å². The van der Waals surface area contributed by atoms with Crippen LogP contribution < -0.4 is 11.1 Å². The van der Waals surface area contributed by atoms with Gasteiger partial charge in [-0.25, -0.2) is 0 Å². The highest BCUT2D eigenvalue weighted by Gasteiger charge is 2.26. The summed E-state index contributed by atoms with van der Waals surface area (Å²) in [7, 11) is 0. The third-order valence-electron chi connectivity index (χ3n) is 2.82. The van der Waals surface area contributed by atoms with E-state index in [0.717, 1.165) is 14.6 Å². The molecule has 2 aromatic rings. The van der Waals surface area contributed by atoms with Crippen molar-refractivity contribution in [3.63, 3.8) is 0 Å². The van der Waals surface area contributed by atoms with Crippen molar-refractivity contribution in [2.45, 2.75) is 19.0 Å². The number of thiophene rings is 1. The number of carbonyl (C=O) groups is 1. The number of fused-ring (bicyclic) bond motifs is 1. The maximum absolute atomic E-state index is 12.0. The van der Waals surface area contributed by atoms with E-state index in [2.05, 4.69) is 21.2 Å². The molecule has 2 rings (SSSR count). The first-order valence-electron chi connectivity index (χ1n) is 6.10. The summed E-state index contributed by atoms with van der Waals surface area (Å²) in [6, 6.07) is 5.48. The van der Waals surface area contributed by atoms with Gasteiger partial charge >= 0.3 is 6.18 Å². The van der Waals surface area contributed by atoms with Crippen LogP contribution in [0.4, 0.5) is 18.9 Å². The van der Waals surface area contributed by atoms with E-state index in [-0.39, 0.29) is 13.0 Å². The molecule has 114 valence electrons. The molecule has 0 spiro atoms. The summed E-state index contributed by atoms with van der Waals surface area (Å²) in [4.78, 5) is 12.3. The van der Waals surface area contributed by atoms with Crippen molar-refractivity contribution in [1.29, 1.82) is 0 Å². The SMILES string of the molecule is Nc1c(C(=O)NCCCC(F)(F)F)sc2ccc(Br)cc12. The standard InChI is InChI=1S/C13H12BrF3N2OS/c14-7-2-3-9-8(6-7)10(18)11(21-9)12(20)19-5-1-4-13(15,16)17/h2-3,6H,1,4-5,18H2,(H,19,20). The molecule has 1 heterocycles. The molecule has 0 aliphatic carbocycles. The van der Waals surface area contributed by atoms with Crippen LogP contribution in [0.2, 0.25) is 0 Å². The smallest absolute Gasteiger partial charge is 0.389 e. The Morgan fingerprint density at radius 1 is 1.38 bits per heavy atom. The minimum Gasteiger partial charge on any atom is -0.397 e. The van der Waals surface area contributed by atoms with E-state index >= 15 is 0 Å². The summed E-state index contributed by atoms with van der Waals surface area (Å²) in [6.07, 6.45) is -5.26. The molecule has 1 aromatic heterocycles. The molecule has 0 saturated carbocycles. The molecular formula is C13H12BrF3N2OS. The van der Waals surface area contributed by atoms with Crippen LogP contribution in [0.3, 0.4) is 0 Å². The van der Waals surface area contributed by atoms with Gasteiger partial charge in [-0.05, 0) is 24.6 Å². The number of rotatable bonds is 4. The van der Waals surface area contributed by atoms with Gasteiger partial charge in [0.15, 0.2) is 0 Å². The van der Waals surface area contributed by atoms with Gasteiger partial charge in [0.05, 0.1) is 5.69 Å². The Labute approximate surface area is 131 Å². The first kappa shape index (κ1) is 16.1. The van der Waals surface area contributed by atoms with Crippen molar-refractivity contribution < 1.29 is 18.0 Å². The normalized spacial score (nSPS) is 11.8. The molecule has 8 heteroatoms. The van der Waals surface area contributed by atoms with Crippen molar-refractivity contribution in [1.82, 2.24) is 5.32 Å². The topological polar surface area (TPSA) is 55.1 Å². The van der Waals surface area contributed by atoms with Crippen LogP contribution in [0.5, 0.6) is 0 Å². The fourth-order valence-electron chi connectivity index (χ4n) is 1.83. The second-order valence-electron chi connectivity index (χ2n) is 4.46. The van der Waals surface area contributed by atoms with Crippen molar-refractivity contribution in [2.24, 2.45) is 0 Å². The Bertz CT molecular complexity index is 669. The van der Waals surface area contributed by atoms with Crippen LogP contribution in [-0.4, -0.2) is 18.6 Å². The highest BCUT2D eigenvalue weighted by atomic mass is 79.9. The van der Waals surface area contributed by atoms with E-state index in [1.807, 2.05) is 18.2 Å². The van der Waals surface area contributed by atoms with Crippen LogP contribution in [0.15, 0.2) is 22.7 Å². The van der Waals surface area contributed by atoms with Crippen molar-refractivity contribution in [2.75, 3.05) is 12.3 Å². The molecule has 0 saturated heterocycles. The van der Waals surface area contributed by atoms with Crippen LogP contribution >= 0.6 is 27.3 Å². The largest absolute Gasteiger partial charge is 0.397 e. The van der Waals surface area contributed by atoms with Crippen molar-refractivity contribution in [3.05, 3.63) is 27.5 Å². The molecule has 0 aliphatic heterocycles. The van der Waals surface area contributed by atoms with E-state index in [9.17, 15) is 18.0 Å². The highest BCUT2D eigenvalue weighted by Crippen LogP contribution is 2.35. The summed E-state index contributed by atoms with van der Waals surface area (Å²) in [5.74, 6) is -0.438. The molecule has 1 amide bonds. The van der Waals surface area contributed by atoms with Gasteiger partial charge in [-0.1, -0.05) is 15.9 Å². The minimum absolute atomic E-state index is 0.0320. The average molecular weight is 381 g/mol. The lowest BCUT2D eigenvalue weighted by molar-refractivity contribution is -0.135. The lowest BCUT2D eigenvalue weighted by Crippen LogP contribution is -2.25. The van der Waals surface area contributed by atoms with Crippen LogP contribution in [-0.2, 0) is 0 Å². The number of hydrogen-bond donors (Lipinski definition) is 2. The van der Waals surface area contributed by atoms with Gasteiger partial charge in [0.2, 0.25) is 0 Å². The average Bonchev–Trinajstić information content (AvgIpc) is 2.71. The van der Waals surface area contributed by atoms with E-state index < -0.39 is 18.5 Å². The van der Waals surface area contributed by atoms with Gasteiger partial charge in [-0.15, -0.1) is 11.3 Å². The second-order valence-corrected chi connectivity index (χ2v) is 6.43. The molecule has 21 heavy (non-hydrogen) atoms. The Balaban J connectivity index is 2.04. The number of halogens is 4. The molecule has 0 fully saturated rings. The molecule has 0 aliphatic rings. The number of nitrogens with one attached hydrogen (secondary N) is 1. The monoisotopic (exact) mass is 380 g/mol. The van der Waals surface area contributed by atoms with Crippen molar-refractivity contribution >= 4 is 48.9 Å². The third kappa shape index (κ3) is 4.10. The minimum atomic E-state index is -4.20. The maximum atomic E-state index is 12.0. The van der Waals surface area contributed by atoms with Gasteiger partial charge < -0.3 is 11.1 Å². The molecule has 1 aromatic carbocycles. The van der Waals surface area contributed by atoms with E-state index in [4.69, 9.17) is 5.73 Å². The Hall–Kier alpha value is -1.28. The number of nitrogens with two attached hydrogens (primary N) is 1. The first-order chi connectivity index (χ1) is 9.78.